The summed E-state index contributed by atoms with van der Waals surface area (Å²) in [4.78, 5) is 11.6. The Morgan fingerprint density at radius 1 is 1.33 bits per heavy atom. The zero-order valence-corrected chi connectivity index (χ0v) is 9.97. The van der Waals surface area contributed by atoms with E-state index >= 15 is 0 Å². The van der Waals surface area contributed by atoms with Crippen molar-refractivity contribution in [1.29, 1.82) is 0 Å². The fourth-order valence-corrected chi connectivity index (χ4v) is 1.61. The molecule has 0 aliphatic carbocycles. The number of phenolic OH excluding ortho intramolecular Hbond substituents is 1. The third-order valence-corrected chi connectivity index (χ3v) is 2.51. The number of benzene rings is 1. The zero-order chi connectivity index (χ0) is 13.1. The monoisotopic (exact) mass is 248 g/mol. The van der Waals surface area contributed by atoms with E-state index in [4.69, 9.17) is 9.15 Å². The van der Waals surface area contributed by atoms with Crippen molar-refractivity contribution in [3.63, 3.8) is 0 Å². The van der Waals surface area contributed by atoms with Gasteiger partial charge in [-0.05, 0) is 24.3 Å². The van der Waals surface area contributed by atoms with Gasteiger partial charge in [0.25, 0.3) is 0 Å². The van der Waals surface area contributed by atoms with Crippen LogP contribution in [-0.2, 0) is 4.74 Å². The highest BCUT2D eigenvalue weighted by molar-refractivity contribution is 5.95. The maximum atomic E-state index is 11.6. The Balaban J connectivity index is 2.63. The van der Waals surface area contributed by atoms with Gasteiger partial charge in [-0.2, -0.15) is 0 Å². The third kappa shape index (κ3) is 2.02. The quantitative estimate of drug-likeness (QED) is 0.845. The van der Waals surface area contributed by atoms with Crippen molar-refractivity contribution >= 4 is 5.97 Å². The summed E-state index contributed by atoms with van der Waals surface area (Å²) in [5.41, 5.74) is 0.406. The average Bonchev–Trinajstić information content (AvgIpc) is 2.92. The molecule has 2 rings (SSSR count). The number of furan rings is 1. The van der Waals surface area contributed by atoms with Crippen LogP contribution in [0.15, 0.2) is 34.9 Å². The molecule has 94 valence electrons. The molecule has 0 saturated heterocycles. The number of carbonyl (C=O) groups excluding carboxylic acids is 1. The first-order valence-corrected chi connectivity index (χ1v) is 5.20. The van der Waals surface area contributed by atoms with Crippen LogP contribution in [0.1, 0.15) is 10.4 Å². The molecule has 1 aromatic heterocycles. The van der Waals surface area contributed by atoms with Gasteiger partial charge in [-0.25, -0.2) is 4.79 Å². The van der Waals surface area contributed by atoms with E-state index < -0.39 is 5.97 Å². The lowest BCUT2D eigenvalue weighted by atomic mass is 10.1. The van der Waals surface area contributed by atoms with Crippen LogP contribution < -0.4 is 4.74 Å². The van der Waals surface area contributed by atoms with Gasteiger partial charge in [0.1, 0.15) is 22.8 Å². The molecule has 18 heavy (non-hydrogen) atoms. The molecule has 0 aliphatic heterocycles. The Kier molecular flexibility index (Phi) is 3.23. The minimum absolute atomic E-state index is 0.0308. The molecular formula is C13H12O5. The predicted molar refractivity (Wildman–Crippen MR) is 63.7 cm³/mol. The Hall–Kier alpha value is -2.43. The van der Waals surface area contributed by atoms with Gasteiger partial charge in [0.2, 0.25) is 0 Å². The fraction of sp³-hybridized carbons (Fsp3) is 0.154. The molecule has 0 unspecified atom stereocenters. The Morgan fingerprint density at radius 2 is 2.11 bits per heavy atom. The number of hydrogen-bond acceptors (Lipinski definition) is 5. The van der Waals surface area contributed by atoms with E-state index in [1.807, 2.05) is 0 Å². The van der Waals surface area contributed by atoms with E-state index in [9.17, 15) is 9.90 Å². The second-order valence-corrected chi connectivity index (χ2v) is 3.54. The summed E-state index contributed by atoms with van der Waals surface area (Å²) in [5, 5.41) is 10.1. The van der Waals surface area contributed by atoms with Crippen LogP contribution in [0.5, 0.6) is 11.5 Å². The lowest BCUT2D eigenvalue weighted by Gasteiger charge is -2.09. The maximum absolute atomic E-state index is 11.6. The van der Waals surface area contributed by atoms with Crippen molar-refractivity contribution in [2.45, 2.75) is 0 Å². The predicted octanol–water partition coefficient (Wildman–Crippen LogP) is 2.45. The molecule has 2 aromatic rings. The Morgan fingerprint density at radius 3 is 2.67 bits per heavy atom. The van der Waals surface area contributed by atoms with Crippen molar-refractivity contribution in [2.24, 2.45) is 0 Å². The summed E-state index contributed by atoms with van der Waals surface area (Å²) >= 11 is 0. The highest BCUT2D eigenvalue weighted by atomic mass is 16.5. The van der Waals surface area contributed by atoms with Crippen LogP contribution >= 0.6 is 0 Å². The lowest BCUT2D eigenvalue weighted by Crippen LogP contribution is -2.03. The molecule has 1 aromatic carbocycles. The molecule has 0 spiro atoms. The van der Waals surface area contributed by atoms with E-state index in [-0.39, 0.29) is 11.3 Å². The smallest absolute Gasteiger partial charge is 0.341 e. The van der Waals surface area contributed by atoms with Crippen molar-refractivity contribution < 1.29 is 23.8 Å². The van der Waals surface area contributed by atoms with Crippen LogP contribution in [0.3, 0.4) is 0 Å². The number of esters is 1. The van der Waals surface area contributed by atoms with Crippen molar-refractivity contribution in [3.05, 3.63) is 36.1 Å². The van der Waals surface area contributed by atoms with E-state index in [2.05, 4.69) is 4.74 Å². The third-order valence-electron chi connectivity index (χ3n) is 2.51. The Bertz CT molecular complexity index is 557. The molecule has 1 N–H and O–H groups in total. The zero-order valence-electron chi connectivity index (χ0n) is 9.97. The molecule has 5 heteroatoms. The number of carbonyl (C=O) groups is 1. The molecular weight excluding hydrogens is 236 g/mol. The van der Waals surface area contributed by atoms with Gasteiger partial charge < -0.3 is 19.0 Å². The highest BCUT2D eigenvalue weighted by Crippen LogP contribution is 2.36. The van der Waals surface area contributed by atoms with Gasteiger partial charge in [0.15, 0.2) is 0 Å². The van der Waals surface area contributed by atoms with Gasteiger partial charge in [-0.3, -0.25) is 0 Å². The van der Waals surface area contributed by atoms with Crippen molar-refractivity contribution in [2.75, 3.05) is 14.2 Å². The van der Waals surface area contributed by atoms with Crippen LogP contribution in [0, 0.1) is 0 Å². The summed E-state index contributed by atoms with van der Waals surface area (Å²) in [5.74, 6) is 0.0351. The standard InChI is InChI=1S/C13H12O5/c1-16-8-6-9(11-4-3-5-18-11)12(14)10(7-8)13(15)17-2/h3-7,14H,1-2H3. The van der Waals surface area contributed by atoms with E-state index in [0.717, 1.165) is 0 Å². The van der Waals surface area contributed by atoms with Crippen LogP contribution in [0.2, 0.25) is 0 Å². The molecule has 0 amide bonds. The second kappa shape index (κ2) is 4.83. The van der Waals surface area contributed by atoms with Crippen molar-refractivity contribution in [3.8, 4) is 22.8 Å². The number of hydrogen-bond donors (Lipinski definition) is 1. The lowest BCUT2D eigenvalue weighted by molar-refractivity contribution is 0.0597. The number of methoxy groups -OCH3 is 2. The summed E-state index contributed by atoms with van der Waals surface area (Å²) in [6.45, 7) is 0. The number of phenols is 1. The maximum Gasteiger partial charge on any atom is 0.341 e. The molecule has 5 nitrogen and oxygen atoms in total. The summed E-state index contributed by atoms with van der Waals surface area (Å²) in [6.07, 6.45) is 1.48. The number of ether oxygens (including phenoxy) is 2. The first-order valence-electron chi connectivity index (χ1n) is 5.20. The van der Waals surface area contributed by atoms with Gasteiger partial charge in [0.05, 0.1) is 26.0 Å². The van der Waals surface area contributed by atoms with Crippen LogP contribution in [-0.4, -0.2) is 25.3 Å². The van der Waals surface area contributed by atoms with Gasteiger partial charge in [-0.1, -0.05) is 0 Å². The SMILES string of the molecule is COC(=O)c1cc(OC)cc(-c2ccco2)c1O. The van der Waals surface area contributed by atoms with Gasteiger partial charge >= 0.3 is 5.97 Å². The molecule has 1 heterocycles. The molecule has 0 saturated carbocycles. The number of aromatic hydroxyl groups is 1. The molecule has 0 bridgehead atoms. The molecule has 0 radical (unpaired) electrons. The van der Waals surface area contributed by atoms with Crippen LogP contribution in [0.25, 0.3) is 11.3 Å². The Labute approximate surface area is 104 Å². The van der Waals surface area contributed by atoms with E-state index in [1.54, 1.807) is 18.2 Å². The summed E-state index contributed by atoms with van der Waals surface area (Å²) < 4.78 is 14.9. The first-order chi connectivity index (χ1) is 8.67. The van der Waals surface area contributed by atoms with Gasteiger partial charge in [0, 0.05) is 0 Å². The molecule has 0 atom stereocenters. The topological polar surface area (TPSA) is 68.9 Å². The summed E-state index contributed by atoms with van der Waals surface area (Å²) in [6, 6.07) is 6.36. The first kappa shape index (κ1) is 12.0. The largest absolute Gasteiger partial charge is 0.506 e. The second-order valence-electron chi connectivity index (χ2n) is 3.54. The fourth-order valence-electron chi connectivity index (χ4n) is 1.61. The molecule has 0 aliphatic rings. The van der Waals surface area contributed by atoms with E-state index in [0.29, 0.717) is 17.1 Å². The average molecular weight is 248 g/mol. The summed E-state index contributed by atoms with van der Waals surface area (Å²) in [7, 11) is 2.72. The van der Waals surface area contributed by atoms with Crippen LogP contribution in [0.4, 0.5) is 0 Å². The van der Waals surface area contributed by atoms with Crippen molar-refractivity contribution in [1.82, 2.24) is 0 Å². The highest BCUT2D eigenvalue weighted by Gasteiger charge is 2.19. The minimum Gasteiger partial charge on any atom is -0.506 e. The van der Waals surface area contributed by atoms with Gasteiger partial charge in [-0.15, -0.1) is 0 Å². The van der Waals surface area contributed by atoms with E-state index in [1.165, 1.54) is 26.5 Å². The normalized spacial score (nSPS) is 10.1. The number of rotatable bonds is 3. The minimum atomic E-state index is -0.640. The molecule has 0 fully saturated rings.